The van der Waals surface area contributed by atoms with Gasteiger partial charge in [0.1, 0.15) is 11.9 Å². The minimum absolute atomic E-state index is 0.0206. The molecule has 0 saturated heterocycles. The topological polar surface area (TPSA) is 89.4 Å². The highest BCUT2D eigenvalue weighted by Gasteiger charge is 2.15. The van der Waals surface area contributed by atoms with Crippen LogP contribution >= 0.6 is 23.2 Å². The number of hydrogen-bond donors (Lipinski definition) is 3. The maximum Gasteiger partial charge on any atom is 0.141 e. The summed E-state index contributed by atoms with van der Waals surface area (Å²) in [7, 11) is 0. The van der Waals surface area contributed by atoms with Crippen molar-refractivity contribution in [1.82, 2.24) is 15.0 Å². The van der Waals surface area contributed by atoms with Gasteiger partial charge in [-0.1, -0.05) is 37.0 Å². The van der Waals surface area contributed by atoms with Crippen molar-refractivity contribution in [3.8, 4) is 6.07 Å². The van der Waals surface area contributed by atoms with Crippen LogP contribution in [0.15, 0.2) is 42.9 Å². The van der Waals surface area contributed by atoms with Gasteiger partial charge in [-0.15, -0.1) is 0 Å². The quantitative estimate of drug-likeness (QED) is 0.291. The monoisotopic (exact) mass is 468 g/mol. The van der Waals surface area contributed by atoms with Gasteiger partial charge in [0.05, 0.1) is 51.1 Å². The standard InChI is InChI=1S/C23H19Cl2FN6/c1-12(2)21-20(30-11-31-21)10-28-15-5-16-22(32-14-3-4-19(26)17(24)6-14)13(8-27)9-29-23(16)18(25)7-15/h3-7,9,11-12,28H,10H2,1-2H3,(H,29,32)(H,30,31). The Bertz CT molecular complexity index is 1340. The molecule has 0 aliphatic heterocycles. The highest BCUT2D eigenvalue weighted by atomic mass is 35.5. The van der Waals surface area contributed by atoms with E-state index in [0.29, 0.717) is 45.3 Å². The summed E-state index contributed by atoms with van der Waals surface area (Å²) in [5.41, 5.74) is 4.64. The molecule has 162 valence electrons. The van der Waals surface area contributed by atoms with E-state index >= 15 is 0 Å². The van der Waals surface area contributed by atoms with Crippen molar-refractivity contribution in [2.45, 2.75) is 26.3 Å². The molecule has 0 aliphatic rings. The smallest absolute Gasteiger partial charge is 0.141 e. The number of aromatic amines is 1. The number of H-pyrrole nitrogens is 1. The van der Waals surface area contributed by atoms with Gasteiger partial charge in [0.25, 0.3) is 0 Å². The Labute approximate surface area is 194 Å². The number of nitrogens with one attached hydrogen (secondary N) is 3. The number of pyridine rings is 1. The number of nitriles is 1. The molecule has 4 aromatic rings. The van der Waals surface area contributed by atoms with Crippen LogP contribution < -0.4 is 10.6 Å². The number of hydrogen-bond acceptors (Lipinski definition) is 5. The molecule has 0 amide bonds. The number of rotatable bonds is 6. The Morgan fingerprint density at radius 3 is 2.62 bits per heavy atom. The molecule has 3 N–H and O–H groups in total. The molecule has 0 bridgehead atoms. The lowest BCUT2D eigenvalue weighted by atomic mass is 10.1. The molecule has 6 nitrogen and oxygen atoms in total. The van der Waals surface area contributed by atoms with Crippen molar-refractivity contribution in [2.24, 2.45) is 0 Å². The second-order valence-corrected chi connectivity index (χ2v) is 8.36. The van der Waals surface area contributed by atoms with E-state index in [1.165, 1.54) is 18.3 Å². The van der Waals surface area contributed by atoms with Crippen LogP contribution in [0.4, 0.5) is 21.5 Å². The van der Waals surface area contributed by atoms with Gasteiger partial charge in [0, 0.05) is 23.0 Å². The molecule has 0 spiro atoms. The number of aromatic nitrogens is 3. The first-order chi connectivity index (χ1) is 15.4. The van der Waals surface area contributed by atoms with Crippen LogP contribution in [0.3, 0.4) is 0 Å². The highest BCUT2D eigenvalue weighted by molar-refractivity contribution is 6.36. The summed E-state index contributed by atoms with van der Waals surface area (Å²) in [5, 5.41) is 17.2. The number of benzene rings is 2. The Balaban J connectivity index is 1.74. The van der Waals surface area contributed by atoms with E-state index in [1.54, 1.807) is 18.5 Å². The number of anilines is 3. The molecule has 32 heavy (non-hydrogen) atoms. The molecule has 0 atom stereocenters. The number of imidazole rings is 1. The molecule has 9 heteroatoms. The minimum Gasteiger partial charge on any atom is -0.379 e. The van der Waals surface area contributed by atoms with Crippen LogP contribution in [0.1, 0.15) is 36.7 Å². The van der Waals surface area contributed by atoms with Gasteiger partial charge in [-0.25, -0.2) is 9.37 Å². The summed E-state index contributed by atoms with van der Waals surface area (Å²) in [5.74, 6) is -0.231. The Kier molecular flexibility index (Phi) is 6.17. The second kappa shape index (κ2) is 9.03. The molecule has 4 rings (SSSR count). The SMILES string of the molecule is CC(C)c1nc[nH]c1CNc1cc(Cl)c2ncc(C#N)c(Nc3ccc(F)c(Cl)c3)c2c1. The van der Waals surface area contributed by atoms with Crippen molar-refractivity contribution in [3.05, 3.63) is 75.7 Å². The molecular weight excluding hydrogens is 450 g/mol. The number of halogens is 3. The zero-order valence-corrected chi connectivity index (χ0v) is 18.8. The van der Waals surface area contributed by atoms with E-state index in [0.717, 1.165) is 17.1 Å². The third kappa shape index (κ3) is 4.33. The zero-order valence-electron chi connectivity index (χ0n) is 17.3. The van der Waals surface area contributed by atoms with Crippen molar-refractivity contribution in [2.75, 3.05) is 10.6 Å². The molecule has 0 saturated carbocycles. The highest BCUT2D eigenvalue weighted by Crippen LogP contribution is 2.35. The zero-order chi connectivity index (χ0) is 22.8. The molecule has 2 aromatic heterocycles. The second-order valence-electron chi connectivity index (χ2n) is 7.54. The molecule has 0 aliphatic carbocycles. The summed E-state index contributed by atoms with van der Waals surface area (Å²) in [4.78, 5) is 11.9. The van der Waals surface area contributed by atoms with Crippen molar-refractivity contribution < 1.29 is 4.39 Å². The van der Waals surface area contributed by atoms with Gasteiger partial charge in [0.15, 0.2) is 0 Å². The molecule has 0 fully saturated rings. The van der Waals surface area contributed by atoms with Crippen molar-refractivity contribution in [1.29, 1.82) is 5.26 Å². The predicted octanol–water partition coefficient (Wildman–Crippen LogP) is 6.75. The van der Waals surface area contributed by atoms with Gasteiger partial charge in [-0.3, -0.25) is 4.98 Å². The largest absolute Gasteiger partial charge is 0.379 e. The Hall–Kier alpha value is -3.34. The molecule has 0 radical (unpaired) electrons. The molecule has 0 unspecified atom stereocenters. The lowest BCUT2D eigenvalue weighted by molar-refractivity contribution is 0.628. The third-order valence-electron chi connectivity index (χ3n) is 5.00. The molecule has 2 aromatic carbocycles. The fraction of sp³-hybridized carbons (Fsp3) is 0.174. The minimum atomic E-state index is -0.522. The summed E-state index contributed by atoms with van der Waals surface area (Å²) in [6.45, 7) is 4.69. The fourth-order valence-electron chi connectivity index (χ4n) is 3.46. The fourth-order valence-corrected chi connectivity index (χ4v) is 3.91. The Morgan fingerprint density at radius 1 is 1.12 bits per heavy atom. The first-order valence-electron chi connectivity index (χ1n) is 9.87. The van der Waals surface area contributed by atoms with E-state index < -0.39 is 5.82 Å². The van der Waals surface area contributed by atoms with Crippen LogP contribution in [0, 0.1) is 17.1 Å². The van der Waals surface area contributed by atoms with Crippen LogP contribution in [0.5, 0.6) is 0 Å². The summed E-state index contributed by atoms with van der Waals surface area (Å²) in [6.07, 6.45) is 3.13. The third-order valence-corrected chi connectivity index (χ3v) is 5.58. The van der Waals surface area contributed by atoms with Gasteiger partial charge in [-0.2, -0.15) is 5.26 Å². The lowest BCUT2D eigenvalue weighted by Gasteiger charge is -2.15. The maximum absolute atomic E-state index is 13.6. The van der Waals surface area contributed by atoms with E-state index in [9.17, 15) is 9.65 Å². The van der Waals surface area contributed by atoms with E-state index in [4.69, 9.17) is 23.2 Å². The maximum atomic E-state index is 13.6. The predicted molar refractivity (Wildman–Crippen MR) is 126 cm³/mol. The summed E-state index contributed by atoms with van der Waals surface area (Å²) < 4.78 is 13.6. The Morgan fingerprint density at radius 2 is 1.91 bits per heavy atom. The van der Waals surface area contributed by atoms with Crippen LogP contribution in [0.2, 0.25) is 10.0 Å². The molecular formula is C23H19Cl2FN6. The van der Waals surface area contributed by atoms with Gasteiger partial charge >= 0.3 is 0 Å². The van der Waals surface area contributed by atoms with E-state index in [1.807, 2.05) is 6.07 Å². The average molecular weight is 469 g/mol. The number of fused-ring (bicyclic) bond motifs is 1. The summed E-state index contributed by atoms with van der Waals surface area (Å²) >= 11 is 12.4. The summed E-state index contributed by atoms with van der Waals surface area (Å²) in [6, 6.07) is 10.1. The van der Waals surface area contributed by atoms with E-state index in [-0.39, 0.29) is 5.02 Å². The van der Waals surface area contributed by atoms with Crippen LogP contribution in [-0.4, -0.2) is 15.0 Å². The lowest BCUT2D eigenvalue weighted by Crippen LogP contribution is -2.04. The van der Waals surface area contributed by atoms with Crippen LogP contribution in [-0.2, 0) is 6.54 Å². The average Bonchev–Trinajstić information content (AvgIpc) is 3.24. The first kappa shape index (κ1) is 21.9. The molecule has 2 heterocycles. The van der Waals surface area contributed by atoms with Gasteiger partial charge in [0.2, 0.25) is 0 Å². The normalized spacial score (nSPS) is 11.0. The van der Waals surface area contributed by atoms with Crippen molar-refractivity contribution in [3.63, 3.8) is 0 Å². The van der Waals surface area contributed by atoms with Crippen LogP contribution in [0.25, 0.3) is 10.9 Å². The first-order valence-corrected chi connectivity index (χ1v) is 10.6. The number of nitrogens with zero attached hydrogens (tertiary/aromatic N) is 3. The van der Waals surface area contributed by atoms with E-state index in [2.05, 4.69) is 45.5 Å². The van der Waals surface area contributed by atoms with Gasteiger partial charge in [-0.05, 0) is 36.2 Å². The van der Waals surface area contributed by atoms with Crippen molar-refractivity contribution >= 4 is 51.2 Å². The van der Waals surface area contributed by atoms with Gasteiger partial charge < -0.3 is 15.6 Å².